The summed E-state index contributed by atoms with van der Waals surface area (Å²) in [7, 11) is 1.00. The average molecular weight is 345 g/mol. The summed E-state index contributed by atoms with van der Waals surface area (Å²) in [5.41, 5.74) is 0.801. The van der Waals surface area contributed by atoms with E-state index in [9.17, 15) is 19.6 Å². The van der Waals surface area contributed by atoms with E-state index in [-0.39, 0.29) is 11.3 Å². The molecule has 0 saturated carbocycles. The molecule has 6 nitrogen and oxygen atoms in total. The van der Waals surface area contributed by atoms with E-state index < -0.39 is 16.5 Å². The van der Waals surface area contributed by atoms with Gasteiger partial charge in [-0.1, -0.05) is 18.2 Å². The van der Waals surface area contributed by atoms with Crippen molar-refractivity contribution < 1.29 is 14.4 Å². The number of carbonyl (C=O) groups excluding carboxylic acids is 1. The molecule has 1 aliphatic heterocycles. The number of nitrogens with zero attached hydrogens (tertiary/aromatic N) is 3. The zero-order valence-corrected chi connectivity index (χ0v) is 13.9. The summed E-state index contributed by atoms with van der Waals surface area (Å²) < 4.78 is 14.1. The Morgan fingerprint density at radius 3 is 2.36 bits per heavy atom. The van der Waals surface area contributed by atoms with Gasteiger partial charge in [-0.15, -0.1) is 0 Å². The van der Waals surface area contributed by atoms with Crippen LogP contribution in [0.4, 0.5) is 15.8 Å². The number of hydrogen-bond donors (Lipinski definition) is 1. The number of halogens is 1. The number of para-hydroxylation sites is 1. The molecule has 1 atom stereocenters. The van der Waals surface area contributed by atoms with Gasteiger partial charge in [0, 0.05) is 44.0 Å². The number of carbonyl (C=O) groups is 1. The fourth-order valence-corrected chi connectivity index (χ4v) is 2.91. The number of benzene rings is 2. The zero-order chi connectivity index (χ0) is 18.0. The lowest BCUT2D eigenvalue weighted by Gasteiger charge is -2.36. The van der Waals surface area contributed by atoms with E-state index in [0.717, 1.165) is 24.9 Å². The minimum absolute atomic E-state index is 0.0901. The minimum atomic E-state index is -1.71. The lowest BCUT2D eigenvalue weighted by molar-refractivity contribution is -0.00449. The van der Waals surface area contributed by atoms with Crippen LogP contribution in [-0.2, 0) is 0 Å². The van der Waals surface area contributed by atoms with Crippen molar-refractivity contribution in [3.05, 3.63) is 65.1 Å². The predicted molar refractivity (Wildman–Crippen MR) is 93.8 cm³/mol. The third-order valence-corrected chi connectivity index (χ3v) is 4.35. The largest absolute Gasteiger partial charge is 0.593 e. The Morgan fingerprint density at radius 1 is 1.12 bits per heavy atom. The summed E-state index contributed by atoms with van der Waals surface area (Å²) in [5, 5.41) is 21.1. The molecule has 2 aromatic rings. The summed E-state index contributed by atoms with van der Waals surface area (Å²) in [6, 6.07) is 13.2. The van der Waals surface area contributed by atoms with E-state index >= 15 is 0 Å². The van der Waals surface area contributed by atoms with E-state index in [0.29, 0.717) is 26.2 Å². The van der Waals surface area contributed by atoms with Crippen molar-refractivity contribution in [1.82, 2.24) is 9.71 Å². The van der Waals surface area contributed by atoms with Gasteiger partial charge in [-0.05, 0) is 18.2 Å². The highest BCUT2D eigenvalue weighted by Gasteiger charge is 2.26. The number of piperazine rings is 1. The van der Waals surface area contributed by atoms with Gasteiger partial charge in [0.25, 0.3) is 5.91 Å². The quantitative estimate of drug-likeness (QED) is 0.686. The molecule has 0 spiro atoms. The first-order valence-corrected chi connectivity index (χ1v) is 8.06. The van der Waals surface area contributed by atoms with E-state index in [1.54, 1.807) is 4.90 Å². The van der Waals surface area contributed by atoms with E-state index in [2.05, 4.69) is 4.90 Å². The second kappa shape index (κ2) is 6.79. The monoisotopic (exact) mass is 345 g/mol. The highest BCUT2D eigenvalue weighted by atomic mass is 19.1. The van der Waals surface area contributed by atoms with Crippen LogP contribution < -0.4 is 9.71 Å². The lowest BCUT2D eigenvalue weighted by atomic mass is 10.1. The SMILES string of the molecule is C[N+]([O-])(O)c1ccc(F)c(C(=O)N2CCN(c3ccccc3)CC2)c1. The van der Waals surface area contributed by atoms with Gasteiger partial charge in [-0.25, -0.2) is 9.60 Å². The summed E-state index contributed by atoms with van der Waals surface area (Å²) in [4.78, 5) is 14.6. The van der Waals surface area contributed by atoms with Crippen molar-refractivity contribution in [2.75, 3.05) is 38.1 Å². The molecule has 1 N–H and O–H groups in total. The highest BCUT2D eigenvalue weighted by Crippen LogP contribution is 2.23. The summed E-state index contributed by atoms with van der Waals surface area (Å²) in [6.45, 7) is 2.21. The van der Waals surface area contributed by atoms with Crippen LogP contribution in [0.25, 0.3) is 0 Å². The molecule has 1 aliphatic rings. The molecule has 1 fully saturated rings. The van der Waals surface area contributed by atoms with Gasteiger partial charge in [0.05, 0.1) is 5.56 Å². The third-order valence-electron chi connectivity index (χ3n) is 4.35. The Kier molecular flexibility index (Phi) is 4.71. The van der Waals surface area contributed by atoms with Crippen LogP contribution in [0, 0.1) is 11.0 Å². The van der Waals surface area contributed by atoms with Gasteiger partial charge in [0.1, 0.15) is 12.9 Å². The second-order valence-electron chi connectivity index (χ2n) is 6.16. The first-order chi connectivity index (χ1) is 11.9. The number of quaternary nitrogens is 1. The molecule has 1 unspecified atom stereocenters. The molecular weight excluding hydrogens is 325 g/mol. The Hall–Kier alpha value is -2.48. The molecule has 0 aliphatic carbocycles. The predicted octanol–water partition coefficient (Wildman–Crippen LogP) is 2.61. The Bertz CT molecular complexity index is 754. The van der Waals surface area contributed by atoms with Crippen LogP contribution in [-0.4, -0.2) is 49.2 Å². The molecule has 1 heterocycles. The number of hydroxylamine groups is 2. The van der Waals surface area contributed by atoms with Gasteiger partial charge < -0.3 is 15.0 Å². The fourth-order valence-electron chi connectivity index (χ4n) is 2.91. The van der Waals surface area contributed by atoms with Crippen LogP contribution >= 0.6 is 0 Å². The maximum absolute atomic E-state index is 14.1. The van der Waals surface area contributed by atoms with E-state index in [4.69, 9.17) is 0 Å². The maximum Gasteiger partial charge on any atom is 0.257 e. The van der Waals surface area contributed by atoms with Gasteiger partial charge in [0.2, 0.25) is 0 Å². The van der Waals surface area contributed by atoms with Gasteiger partial charge in [-0.3, -0.25) is 4.79 Å². The highest BCUT2D eigenvalue weighted by molar-refractivity contribution is 5.95. The van der Waals surface area contributed by atoms with E-state index in [1.165, 1.54) is 6.07 Å². The van der Waals surface area contributed by atoms with Gasteiger partial charge in [0.15, 0.2) is 5.69 Å². The standard InChI is InChI=1S/C18H20FN3O3/c1-22(24,25)15-7-8-17(19)16(13-15)18(23)21-11-9-20(10-12-21)14-5-3-2-4-6-14/h2-8,13,24H,9-12H2,1H3. The lowest BCUT2D eigenvalue weighted by Crippen LogP contribution is -2.49. The molecule has 7 heteroatoms. The Morgan fingerprint density at radius 2 is 1.76 bits per heavy atom. The summed E-state index contributed by atoms with van der Waals surface area (Å²) >= 11 is 0. The maximum atomic E-state index is 14.1. The normalized spacial score (nSPS) is 17.3. The summed E-state index contributed by atoms with van der Waals surface area (Å²) in [6.07, 6.45) is 0. The van der Waals surface area contributed by atoms with Crippen LogP contribution in [0.1, 0.15) is 10.4 Å². The molecule has 3 rings (SSSR count). The molecule has 0 bridgehead atoms. The molecule has 1 amide bonds. The van der Waals surface area contributed by atoms with Crippen molar-refractivity contribution in [3.8, 4) is 0 Å². The second-order valence-corrected chi connectivity index (χ2v) is 6.16. The number of amides is 1. The number of rotatable bonds is 3. The van der Waals surface area contributed by atoms with Crippen molar-refractivity contribution in [2.24, 2.45) is 0 Å². The van der Waals surface area contributed by atoms with E-state index in [1.807, 2.05) is 30.3 Å². The molecule has 0 aromatic heterocycles. The first kappa shape index (κ1) is 17.3. The molecule has 132 valence electrons. The van der Waals surface area contributed by atoms with Crippen LogP contribution in [0.15, 0.2) is 48.5 Å². The molecular formula is C18H20FN3O3. The zero-order valence-electron chi connectivity index (χ0n) is 13.9. The molecule has 25 heavy (non-hydrogen) atoms. The van der Waals surface area contributed by atoms with Gasteiger partial charge >= 0.3 is 0 Å². The third kappa shape index (κ3) is 3.79. The van der Waals surface area contributed by atoms with Crippen molar-refractivity contribution >= 4 is 17.3 Å². The first-order valence-electron chi connectivity index (χ1n) is 8.06. The van der Waals surface area contributed by atoms with Crippen molar-refractivity contribution in [2.45, 2.75) is 0 Å². The Labute approximate surface area is 145 Å². The van der Waals surface area contributed by atoms with Crippen molar-refractivity contribution in [1.29, 1.82) is 0 Å². The molecule has 2 aromatic carbocycles. The number of anilines is 1. The minimum Gasteiger partial charge on any atom is -0.593 e. The number of hydrogen-bond acceptors (Lipinski definition) is 4. The summed E-state index contributed by atoms with van der Waals surface area (Å²) in [5.74, 6) is -1.17. The Balaban J connectivity index is 1.73. The van der Waals surface area contributed by atoms with Crippen LogP contribution in [0.3, 0.4) is 0 Å². The average Bonchev–Trinajstić information content (AvgIpc) is 2.61. The van der Waals surface area contributed by atoms with Gasteiger partial charge in [-0.2, -0.15) is 4.81 Å². The fraction of sp³-hybridized carbons (Fsp3) is 0.278. The smallest absolute Gasteiger partial charge is 0.257 e. The van der Waals surface area contributed by atoms with Crippen LogP contribution in [0.2, 0.25) is 0 Å². The molecule has 1 saturated heterocycles. The molecule has 0 radical (unpaired) electrons. The van der Waals surface area contributed by atoms with Crippen LogP contribution in [0.5, 0.6) is 0 Å². The van der Waals surface area contributed by atoms with Crippen molar-refractivity contribution in [3.63, 3.8) is 0 Å². The topological polar surface area (TPSA) is 66.8 Å².